The molecule has 0 spiro atoms. The molecule has 10 rings (SSSR count). The van der Waals surface area contributed by atoms with Gasteiger partial charge in [0.25, 0.3) is 0 Å². The SMILES string of the molecule is CC1=CCC(C2(C3=CCC(C)C=C3)C3=CC(N(C4CC=CCC4)C4CCC5OC6CCC=CC6C5C4)CC[C@@H]3C3C4=C(CCC=C4)CCC32)CC1. The molecular weight excluding hydrogens is 619 g/mol. The Morgan fingerprint density at radius 3 is 2.53 bits per heavy atom. The third-order valence-electron chi connectivity index (χ3n) is 16.5. The van der Waals surface area contributed by atoms with E-state index < -0.39 is 0 Å². The summed E-state index contributed by atoms with van der Waals surface area (Å²) in [4.78, 5) is 3.19. The van der Waals surface area contributed by atoms with E-state index in [1.807, 2.05) is 11.1 Å². The number of fused-ring (bicyclic) bond motifs is 7. The Kier molecular flexibility index (Phi) is 8.91. The van der Waals surface area contributed by atoms with Crippen LogP contribution >= 0.6 is 0 Å². The van der Waals surface area contributed by atoms with Crippen LogP contribution in [0.3, 0.4) is 0 Å². The quantitative estimate of drug-likeness (QED) is 0.267. The summed E-state index contributed by atoms with van der Waals surface area (Å²) in [6, 6.07) is 1.93. The average molecular weight is 684 g/mol. The number of rotatable bonds is 5. The first-order chi connectivity index (χ1) is 25.1. The zero-order valence-corrected chi connectivity index (χ0v) is 31.9. The zero-order chi connectivity index (χ0) is 34.1. The van der Waals surface area contributed by atoms with Gasteiger partial charge in [-0.15, -0.1) is 0 Å². The van der Waals surface area contributed by atoms with Crippen LogP contribution in [0, 0.1) is 46.8 Å². The van der Waals surface area contributed by atoms with E-state index in [2.05, 4.69) is 85.6 Å². The first kappa shape index (κ1) is 33.4. The number of ether oxygens (including phenoxy) is 1. The van der Waals surface area contributed by atoms with E-state index in [9.17, 15) is 0 Å². The minimum atomic E-state index is 0.181. The van der Waals surface area contributed by atoms with Gasteiger partial charge < -0.3 is 4.74 Å². The van der Waals surface area contributed by atoms with Gasteiger partial charge in [-0.1, -0.05) is 90.5 Å². The van der Waals surface area contributed by atoms with Gasteiger partial charge in [-0.05, 0) is 169 Å². The Balaban J connectivity index is 1.09. The normalized spacial score (nSPS) is 45.7. The minimum Gasteiger partial charge on any atom is -0.374 e. The van der Waals surface area contributed by atoms with Gasteiger partial charge in [0.05, 0.1) is 12.2 Å². The standard InChI is InChI=1S/C49H65NO/c1-32-16-21-35(22-17-32)49(36-23-18-33(2)19-24-36)44-28-20-34-10-6-7-13-40(34)48(44)42-27-25-39(31-45(42)49)50(37-11-4-3-5-12-37)38-26-29-47-43(30-38)41-14-8-9-15-46(41)51-47/h3-4,7-8,13-14,16,18,21-22,31-32,36-39,41-44,46-48H,5-6,9-12,15,17,19-20,23-30H2,1-2H3/t32?,36?,37?,38?,39?,41?,42-,43?,44?,46?,47?,48?,49?/m0/s1. The maximum absolute atomic E-state index is 6.80. The summed E-state index contributed by atoms with van der Waals surface area (Å²) >= 11 is 0. The van der Waals surface area contributed by atoms with E-state index in [4.69, 9.17) is 4.74 Å². The van der Waals surface area contributed by atoms with E-state index in [1.165, 1.54) is 116 Å². The molecule has 2 heteroatoms. The third kappa shape index (κ3) is 5.53. The van der Waals surface area contributed by atoms with Gasteiger partial charge in [0.15, 0.2) is 0 Å². The molecule has 0 N–H and O–H groups in total. The van der Waals surface area contributed by atoms with Crippen LogP contribution in [0.25, 0.3) is 0 Å². The second kappa shape index (κ2) is 13.6. The molecule has 9 aliphatic carbocycles. The molecule has 272 valence electrons. The molecule has 1 heterocycles. The highest BCUT2D eigenvalue weighted by Crippen LogP contribution is 2.71. The number of hydrogen-bond donors (Lipinski definition) is 0. The van der Waals surface area contributed by atoms with Crippen molar-refractivity contribution in [1.82, 2.24) is 4.90 Å². The van der Waals surface area contributed by atoms with Crippen molar-refractivity contribution in [3.05, 3.63) is 94.7 Å². The molecule has 0 aromatic heterocycles. The fraction of sp³-hybridized carbons (Fsp3) is 0.673. The maximum Gasteiger partial charge on any atom is 0.0648 e. The highest BCUT2D eigenvalue weighted by Gasteiger charge is 2.63. The molecule has 1 aliphatic heterocycles. The molecule has 13 atom stereocenters. The maximum atomic E-state index is 6.80. The summed E-state index contributed by atoms with van der Waals surface area (Å²) in [5.74, 6) is 4.90. The average Bonchev–Trinajstić information content (AvgIpc) is 3.69. The first-order valence-electron chi connectivity index (χ1n) is 22.0. The number of allylic oxidation sites excluding steroid dienone is 13. The van der Waals surface area contributed by atoms with Crippen LogP contribution in [0.1, 0.15) is 129 Å². The summed E-state index contributed by atoms with van der Waals surface area (Å²) < 4.78 is 6.80. The second-order valence-corrected chi connectivity index (χ2v) is 19.0. The van der Waals surface area contributed by atoms with Crippen molar-refractivity contribution in [3.63, 3.8) is 0 Å². The van der Waals surface area contributed by atoms with E-state index >= 15 is 0 Å². The monoisotopic (exact) mass is 684 g/mol. The first-order valence-corrected chi connectivity index (χ1v) is 22.0. The van der Waals surface area contributed by atoms with E-state index in [0.29, 0.717) is 59.9 Å². The molecule has 0 radical (unpaired) electrons. The van der Waals surface area contributed by atoms with Crippen molar-refractivity contribution < 1.29 is 4.74 Å². The molecule has 2 saturated carbocycles. The van der Waals surface area contributed by atoms with Crippen LogP contribution in [0.15, 0.2) is 94.7 Å². The second-order valence-electron chi connectivity index (χ2n) is 19.0. The molecule has 0 bridgehead atoms. The van der Waals surface area contributed by atoms with Gasteiger partial charge in [-0.3, -0.25) is 4.90 Å². The van der Waals surface area contributed by atoms with Crippen molar-refractivity contribution >= 4 is 0 Å². The summed E-state index contributed by atoms with van der Waals surface area (Å²) in [5.41, 5.74) is 9.10. The van der Waals surface area contributed by atoms with Gasteiger partial charge in [0.2, 0.25) is 0 Å². The largest absolute Gasteiger partial charge is 0.374 e. The number of nitrogens with zero attached hydrogens (tertiary/aromatic N) is 1. The Morgan fingerprint density at radius 1 is 0.745 bits per heavy atom. The predicted molar refractivity (Wildman–Crippen MR) is 211 cm³/mol. The van der Waals surface area contributed by atoms with Crippen LogP contribution in [-0.4, -0.2) is 35.2 Å². The molecule has 1 saturated heterocycles. The minimum absolute atomic E-state index is 0.181. The van der Waals surface area contributed by atoms with Crippen LogP contribution < -0.4 is 0 Å². The highest BCUT2D eigenvalue weighted by molar-refractivity contribution is 5.52. The van der Waals surface area contributed by atoms with Crippen molar-refractivity contribution in [2.45, 2.75) is 160 Å². The molecular formula is C49H65NO. The van der Waals surface area contributed by atoms with Gasteiger partial charge in [-0.25, -0.2) is 0 Å². The Bertz CT molecular complexity index is 1610. The summed E-state index contributed by atoms with van der Waals surface area (Å²) in [5, 5.41) is 0. The molecule has 3 fully saturated rings. The fourth-order valence-electron chi connectivity index (χ4n) is 14.4. The summed E-state index contributed by atoms with van der Waals surface area (Å²) in [6.07, 6.45) is 53.3. The Labute approximate surface area is 310 Å². The lowest BCUT2D eigenvalue weighted by atomic mass is 9.54. The van der Waals surface area contributed by atoms with Gasteiger partial charge >= 0.3 is 0 Å². The molecule has 12 unspecified atom stereocenters. The van der Waals surface area contributed by atoms with Crippen LogP contribution in [0.2, 0.25) is 0 Å². The van der Waals surface area contributed by atoms with E-state index in [1.54, 1.807) is 16.7 Å². The van der Waals surface area contributed by atoms with Crippen molar-refractivity contribution in [2.24, 2.45) is 46.8 Å². The summed E-state index contributed by atoms with van der Waals surface area (Å²) in [7, 11) is 0. The smallest absolute Gasteiger partial charge is 0.0648 e. The lowest BCUT2D eigenvalue weighted by molar-refractivity contribution is -0.0164. The Hall–Kier alpha value is -2.16. The lowest BCUT2D eigenvalue weighted by Crippen LogP contribution is -2.53. The summed E-state index contributed by atoms with van der Waals surface area (Å²) in [6.45, 7) is 4.83. The van der Waals surface area contributed by atoms with Gasteiger partial charge in [0, 0.05) is 29.5 Å². The van der Waals surface area contributed by atoms with Crippen molar-refractivity contribution in [1.29, 1.82) is 0 Å². The molecule has 0 amide bonds. The fourth-order valence-corrected chi connectivity index (χ4v) is 14.4. The van der Waals surface area contributed by atoms with Gasteiger partial charge in [0.1, 0.15) is 0 Å². The third-order valence-corrected chi connectivity index (χ3v) is 16.5. The van der Waals surface area contributed by atoms with E-state index in [0.717, 1.165) is 11.8 Å². The van der Waals surface area contributed by atoms with Crippen molar-refractivity contribution in [2.75, 3.05) is 0 Å². The van der Waals surface area contributed by atoms with Crippen LogP contribution in [-0.2, 0) is 4.74 Å². The van der Waals surface area contributed by atoms with Gasteiger partial charge in [-0.2, -0.15) is 0 Å². The molecule has 2 nitrogen and oxygen atoms in total. The zero-order valence-electron chi connectivity index (χ0n) is 31.9. The lowest BCUT2D eigenvalue weighted by Gasteiger charge is -2.51. The molecule has 0 aromatic rings. The molecule has 51 heavy (non-hydrogen) atoms. The molecule has 10 aliphatic rings. The molecule has 0 aromatic carbocycles. The van der Waals surface area contributed by atoms with Crippen LogP contribution in [0.5, 0.6) is 0 Å². The highest BCUT2D eigenvalue weighted by atomic mass is 16.5. The van der Waals surface area contributed by atoms with E-state index in [-0.39, 0.29) is 5.41 Å². The van der Waals surface area contributed by atoms with Crippen LogP contribution in [0.4, 0.5) is 0 Å². The number of hydrogen-bond acceptors (Lipinski definition) is 2. The van der Waals surface area contributed by atoms with Crippen molar-refractivity contribution in [3.8, 4) is 0 Å². The predicted octanol–water partition coefficient (Wildman–Crippen LogP) is 11.9. The Morgan fingerprint density at radius 2 is 1.69 bits per heavy atom. The topological polar surface area (TPSA) is 12.5 Å².